The lowest BCUT2D eigenvalue weighted by Crippen LogP contribution is -2.19. The van der Waals surface area contributed by atoms with Gasteiger partial charge in [0.05, 0.1) is 6.26 Å². The lowest BCUT2D eigenvalue weighted by Gasteiger charge is -2.29. The molecular weight excluding hydrogens is 358 g/mol. The van der Waals surface area contributed by atoms with Gasteiger partial charge in [0.25, 0.3) is 0 Å². The summed E-state index contributed by atoms with van der Waals surface area (Å²) in [5.74, 6) is 2.55. The number of rotatable bonds is 2. The molecule has 0 radical (unpaired) electrons. The average molecular weight is 383 g/mol. The predicted octanol–water partition coefficient (Wildman–Crippen LogP) is 5.75. The molecule has 3 nitrogen and oxygen atoms in total. The van der Waals surface area contributed by atoms with Crippen molar-refractivity contribution in [2.75, 3.05) is 5.73 Å². The number of nitrogen functional groups attached to an aromatic ring is 1. The van der Waals surface area contributed by atoms with E-state index in [4.69, 9.17) is 10.5 Å². The first-order valence-corrected chi connectivity index (χ1v) is 10.7. The van der Waals surface area contributed by atoms with Crippen molar-refractivity contribution in [2.45, 2.75) is 44.9 Å². The second-order valence-electron chi connectivity index (χ2n) is 9.04. The summed E-state index contributed by atoms with van der Waals surface area (Å²) in [5, 5.41) is 0. The van der Waals surface area contributed by atoms with Crippen LogP contribution in [0.2, 0.25) is 0 Å². The molecule has 0 bridgehead atoms. The van der Waals surface area contributed by atoms with E-state index >= 15 is 0 Å². The number of fused-ring (bicyclic) bond motifs is 4. The molecule has 2 saturated carbocycles. The van der Waals surface area contributed by atoms with Crippen LogP contribution in [0.4, 0.5) is 5.69 Å². The van der Waals surface area contributed by atoms with E-state index in [0.29, 0.717) is 30.0 Å². The van der Waals surface area contributed by atoms with Gasteiger partial charge in [0.1, 0.15) is 5.76 Å². The van der Waals surface area contributed by atoms with E-state index < -0.39 is 0 Å². The van der Waals surface area contributed by atoms with E-state index in [2.05, 4.69) is 31.2 Å². The van der Waals surface area contributed by atoms with Crippen LogP contribution in [0.25, 0.3) is 16.9 Å². The quantitative estimate of drug-likeness (QED) is 0.672. The summed E-state index contributed by atoms with van der Waals surface area (Å²) in [6.07, 6.45) is 6.99. The lowest BCUT2D eigenvalue weighted by molar-refractivity contribution is -0.116. The number of carbonyl (C=O) groups is 1. The fourth-order valence-electron chi connectivity index (χ4n) is 5.40. The van der Waals surface area contributed by atoms with Crippen LogP contribution in [0.3, 0.4) is 0 Å². The number of ether oxygens (including phenoxy) is 1. The van der Waals surface area contributed by atoms with Crippen LogP contribution in [0, 0.1) is 18.8 Å². The lowest BCUT2D eigenvalue weighted by atomic mass is 9.77. The normalized spacial score (nSPS) is 25.1. The Labute approximate surface area is 171 Å². The second-order valence-corrected chi connectivity index (χ2v) is 9.04. The number of hydrogen-bond donors (Lipinski definition) is 1. The first-order chi connectivity index (χ1) is 14.1. The molecule has 3 heteroatoms. The monoisotopic (exact) mass is 383 g/mol. The number of allylic oxidation sites excluding steroid dienone is 2. The standard InChI is InChI=1S/C26H25NO2/c1-14-19(15-4-6-18(27)7-5-15)8-9-21-24(14)20(16-2-3-16)10-11-23(28)25-22-12-17(22)13-29-26(21)25/h4-9,13,16,20,22H,2-3,10-12,27H2,1H3. The first kappa shape index (κ1) is 17.1. The van der Waals surface area contributed by atoms with Gasteiger partial charge in [-0.2, -0.15) is 0 Å². The second kappa shape index (κ2) is 6.09. The molecule has 1 aliphatic heterocycles. The fraction of sp³-hybridized carbons (Fsp3) is 0.346. The number of anilines is 1. The zero-order valence-electron chi connectivity index (χ0n) is 16.7. The van der Waals surface area contributed by atoms with E-state index in [1.807, 2.05) is 18.4 Å². The maximum absolute atomic E-state index is 13.1. The minimum absolute atomic E-state index is 0.296. The van der Waals surface area contributed by atoms with E-state index in [0.717, 1.165) is 35.4 Å². The molecule has 0 saturated heterocycles. The predicted molar refractivity (Wildman–Crippen MR) is 115 cm³/mol. The highest BCUT2D eigenvalue weighted by molar-refractivity contribution is 6.04. The van der Waals surface area contributed by atoms with Gasteiger partial charge in [-0.15, -0.1) is 0 Å². The molecule has 2 atom stereocenters. The highest BCUT2D eigenvalue weighted by atomic mass is 16.5. The van der Waals surface area contributed by atoms with Crippen LogP contribution in [0.1, 0.15) is 54.7 Å². The Morgan fingerprint density at radius 3 is 2.52 bits per heavy atom. The van der Waals surface area contributed by atoms with Crippen molar-refractivity contribution < 1.29 is 9.53 Å². The SMILES string of the molecule is Cc1c(-c2ccc(N)cc2)ccc2c1C(C1CC1)CCC(=O)C1=C2OC=C2CC21. The Morgan fingerprint density at radius 1 is 1.00 bits per heavy atom. The minimum Gasteiger partial charge on any atom is -0.464 e. The number of Topliss-reactive ketones (excluding diaryl/α,β-unsaturated/α-hetero) is 1. The van der Waals surface area contributed by atoms with E-state index in [-0.39, 0.29) is 0 Å². The Hall–Kier alpha value is -2.81. The molecule has 1 heterocycles. The average Bonchev–Trinajstić information content (AvgIpc) is 3.61. The number of benzene rings is 2. The molecule has 0 aromatic heterocycles. The van der Waals surface area contributed by atoms with E-state index in [1.165, 1.54) is 40.7 Å². The molecule has 2 unspecified atom stereocenters. The fourth-order valence-corrected chi connectivity index (χ4v) is 5.40. The molecule has 6 rings (SSSR count). The summed E-state index contributed by atoms with van der Waals surface area (Å²) in [6, 6.07) is 12.5. The third-order valence-electron chi connectivity index (χ3n) is 7.17. The maximum Gasteiger partial charge on any atom is 0.163 e. The van der Waals surface area contributed by atoms with Crippen molar-refractivity contribution in [1.82, 2.24) is 0 Å². The molecule has 2 aromatic rings. The number of nitrogens with two attached hydrogens (primary N) is 1. The highest BCUT2D eigenvalue weighted by Crippen LogP contribution is 2.55. The van der Waals surface area contributed by atoms with Crippen LogP contribution in [0.15, 0.2) is 53.8 Å². The van der Waals surface area contributed by atoms with Crippen LogP contribution in [-0.2, 0) is 9.53 Å². The molecule has 2 N–H and O–H groups in total. The van der Waals surface area contributed by atoms with Gasteiger partial charge in [0.2, 0.25) is 0 Å². The van der Waals surface area contributed by atoms with Crippen LogP contribution < -0.4 is 5.73 Å². The number of ketones is 1. The van der Waals surface area contributed by atoms with Gasteiger partial charge in [0, 0.05) is 29.2 Å². The third kappa shape index (κ3) is 2.67. The zero-order valence-corrected chi connectivity index (χ0v) is 16.7. The molecule has 146 valence electrons. The molecular formula is C26H25NO2. The van der Waals surface area contributed by atoms with Gasteiger partial charge in [-0.25, -0.2) is 0 Å². The summed E-state index contributed by atoms with van der Waals surface area (Å²) in [4.78, 5) is 13.1. The van der Waals surface area contributed by atoms with Crippen molar-refractivity contribution >= 4 is 17.2 Å². The first-order valence-electron chi connectivity index (χ1n) is 10.7. The smallest absolute Gasteiger partial charge is 0.163 e. The van der Waals surface area contributed by atoms with Gasteiger partial charge in [-0.05, 0) is 84.4 Å². The molecule has 29 heavy (non-hydrogen) atoms. The number of carbonyl (C=O) groups excluding carboxylic acids is 1. The van der Waals surface area contributed by atoms with Gasteiger partial charge in [0.15, 0.2) is 5.78 Å². The molecule has 3 aliphatic carbocycles. The van der Waals surface area contributed by atoms with Crippen molar-refractivity contribution in [1.29, 1.82) is 0 Å². The van der Waals surface area contributed by atoms with Gasteiger partial charge >= 0.3 is 0 Å². The van der Waals surface area contributed by atoms with Crippen LogP contribution in [0.5, 0.6) is 0 Å². The summed E-state index contributed by atoms with van der Waals surface area (Å²) >= 11 is 0. The summed E-state index contributed by atoms with van der Waals surface area (Å²) in [6.45, 7) is 2.24. The summed E-state index contributed by atoms with van der Waals surface area (Å²) < 4.78 is 6.11. The molecule has 0 amide bonds. The summed E-state index contributed by atoms with van der Waals surface area (Å²) in [7, 11) is 0. The molecule has 2 fully saturated rings. The van der Waals surface area contributed by atoms with E-state index in [9.17, 15) is 4.79 Å². The van der Waals surface area contributed by atoms with Crippen molar-refractivity contribution in [2.24, 2.45) is 11.8 Å². The summed E-state index contributed by atoms with van der Waals surface area (Å²) in [5.41, 5.74) is 15.2. The van der Waals surface area contributed by atoms with Gasteiger partial charge < -0.3 is 10.5 Å². The number of hydrogen-bond acceptors (Lipinski definition) is 3. The van der Waals surface area contributed by atoms with Crippen molar-refractivity contribution in [3.05, 3.63) is 70.5 Å². The van der Waals surface area contributed by atoms with Gasteiger partial charge in [-0.3, -0.25) is 4.79 Å². The van der Waals surface area contributed by atoms with Gasteiger partial charge in [-0.1, -0.05) is 24.3 Å². The third-order valence-corrected chi connectivity index (χ3v) is 7.17. The Morgan fingerprint density at radius 2 is 1.76 bits per heavy atom. The maximum atomic E-state index is 13.1. The van der Waals surface area contributed by atoms with Crippen molar-refractivity contribution in [3.63, 3.8) is 0 Å². The van der Waals surface area contributed by atoms with Crippen molar-refractivity contribution in [3.8, 4) is 11.1 Å². The minimum atomic E-state index is 0.296. The molecule has 2 aromatic carbocycles. The highest BCUT2D eigenvalue weighted by Gasteiger charge is 2.45. The van der Waals surface area contributed by atoms with Crippen LogP contribution in [-0.4, -0.2) is 5.78 Å². The Kier molecular flexibility index (Phi) is 3.59. The zero-order chi connectivity index (χ0) is 19.7. The topological polar surface area (TPSA) is 52.3 Å². The molecule has 4 aliphatic rings. The van der Waals surface area contributed by atoms with E-state index in [1.54, 1.807) is 0 Å². The largest absolute Gasteiger partial charge is 0.464 e. The Bertz CT molecular complexity index is 1100. The molecule has 0 spiro atoms. The Balaban J connectivity index is 1.57. The van der Waals surface area contributed by atoms with Crippen LogP contribution >= 0.6 is 0 Å².